The SMILES string of the molecule is CN1CCCC1CNC(=O)c1nnc(Cl)s1. The smallest absolute Gasteiger partial charge is 0.282 e. The summed E-state index contributed by atoms with van der Waals surface area (Å²) >= 11 is 6.71. The van der Waals surface area contributed by atoms with Crippen molar-refractivity contribution in [3.8, 4) is 0 Å². The zero-order valence-electron chi connectivity index (χ0n) is 8.94. The quantitative estimate of drug-likeness (QED) is 0.882. The molecule has 1 aliphatic rings. The first-order valence-corrected chi connectivity index (χ1v) is 6.33. The summed E-state index contributed by atoms with van der Waals surface area (Å²) in [5, 5.41) is 10.5. The van der Waals surface area contributed by atoms with E-state index in [-0.39, 0.29) is 5.91 Å². The van der Waals surface area contributed by atoms with Crippen LogP contribution in [0.2, 0.25) is 4.47 Å². The van der Waals surface area contributed by atoms with E-state index >= 15 is 0 Å². The van der Waals surface area contributed by atoms with Gasteiger partial charge in [-0.25, -0.2) is 0 Å². The molecular formula is C9H13ClN4OS. The summed E-state index contributed by atoms with van der Waals surface area (Å²) < 4.78 is 0.295. The van der Waals surface area contributed by atoms with Crippen LogP contribution in [0.4, 0.5) is 0 Å². The molecule has 1 saturated heterocycles. The standard InChI is InChI=1S/C9H13ClN4OS/c1-14-4-2-3-6(14)5-11-7(15)8-12-13-9(10)16-8/h6H,2-5H2,1H3,(H,11,15). The van der Waals surface area contributed by atoms with Gasteiger partial charge in [-0.15, -0.1) is 10.2 Å². The first-order valence-electron chi connectivity index (χ1n) is 5.14. The fourth-order valence-electron chi connectivity index (χ4n) is 1.82. The van der Waals surface area contributed by atoms with Crippen LogP contribution in [0, 0.1) is 0 Å². The molecule has 1 atom stereocenters. The van der Waals surface area contributed by atoms with Crippen molar-refractivity contribution < 1.29 is 4.79 Å². The Kier molecular flexibility index (Phi) is 3.73. The molecule has 1 aromatic heterocycles. The summed E-state index contributed by atoms with van der Waals surface area (Å²) in [4.78, 5) is 13.9. The number of likely N-dealkylation sites (N-methyl/N-ethyl adjacent to an activating group) is 1. The van der Waals surface area contributed by atoms with E-state index in [9.17, 15) is 4.79 Å². The van der Waals surface area contributed by atoms with E-state index in [4.69, 9.17) is 11.6 Å². The lowest BCUT2D eigenvalue weighted by atomic mass is 10.2. The number of likely N-dealkylation sites (tertiary alicyclic amines) is 1. The molecule has 1 unspecified atom stereocenters. The van der Waals surface area contributed by atoms with Crippen LogP contribution in [0.5, 0.6) is 0 Å². The number of carbonyl (C=O) groups excluding carboxylic acids is 1. The predicted octanol–water partition coefficient (Wildman–Crippen LogP) is 1.02. The van der Waals surface area contributed by atoms with Crippen LogP contribution in [-0.4, -0.2) is 47.2 Å². The van der Waals surface area contributed by atoms with Crippen LogP contribution in [0.15, 0.2) is 0 Å². The molecule has 88 valence electrons. The molecule has 2 rings (SSSR count). The van der Waals surface area contributed by atoms with Gasteiger partial charge >= 0.3 is 0 Å². The molecule has 16 heavy (non-hydrogen) atoms. The van der Waals surface area contributed by atoms with Crippen molar-refractivity contribution in [1.82, 2.24) is 20.4 Å². The summed E-state index contributed by atoms with van der Waals surface area (Å²) in [6.07, 6.45) is 2.33. The number of nitrogens with one attached hydrogen (secondary N) is 1. The van der Waals surface area contributed by atoms with E-state index < -0.39 is 0 Å². The number of rotatable bonds is 3. The third-order valence-electron chi connectivity index (χ3n) is 2.76. The Balaban J connectivity index is 1.84. The number of hydrogen-bond donors (Lipinski definition) is 1. The topological polar surface area (TPSA) is 58.1 Å². The number of amides is 1. The van der Waals surface area contributed by atoms with Crippen molar-refractivity contribution in [2.75, 3.05) is 20.1 Å². The fourth-order valence-corrected chi connectivity index (χ4v) is 2.57. The van der Waals surface area contributed by atoms with Gasteiger partial charge in [-0.1, -0.05) is 11.3 Å². The Bertz CT molecular complexity index is 383. The number of carbonyl (C=O) groups is 1. The van der Waals surface area contributed by atoms with Crippen LogP contribution in [0.1, 0.15) is 22.6 Å². The monoisotopic (exact) mass is 260 g/mol. The molecule has 0 spiro atoms. The second kappa shape index (κ2) is 5.07. The van der Waals surface area contributed by atoms with E-state index in [2.05, 4.69) is 27.5 Å². The Labute approximate surface area is 103 Å². The van der Waals surface area contributed by atoms with Gasteiger partial charge < -0.3 is 10.2 Å². The lowest BCUT2D eigenvalue weighted by Crippen LogP contribution is -2.38. The average Bonchev–Trinajstić information content (AvgIpc) is 2.84. The zero-order valence-corrected chi connectivity index (χ0v) is 10.5. The predicted molar refractivity (Wildman–Crippen MR) is 62.9 cm³/mol. The van der Waals surface area contributed by atoms with Gasteiger partial charge in [0.1, 0.15) is 0 Å². The van der Waals surface area contributed by atoms with E-state index in [1.807, 2.05) is 0 Å². The van der Waals surface area contributed by atoms with Crippen LogP contribution < -0.4 is 5.32 Å². The third-order valence-corrected chi connectivity index (χ3v) is 3.78. The zero-order chi connectivity index (χ0) is 11.5. The van der Waals surface area contributed by atoms with Gasteiger partial charge in [0.05, 0.1) is 0 Å². The van der Waals surface area contributed by atoms with Gasteiger partial charge in [-0.05, 0) is 38.0 Å². The molecule has 1 aliphatic heterocycles. The number of halogens is 1. The van der Waals surface area contributed by atoms with Crippen LogP contribution in [0.3, 0.4) is 0 Å². The number of aromatic nitrogens is 2. The van der Waals surface area contributed by atoms with Crippen molar-refractivity contribution in [3.63, 3.8) is 0 Å². The highest BCUT2D eigenvalue weighted by atomic mass is 35.5. The van der Waals surface area contributed by atoms with E-state index in [1.54, 1.807) is 0 Å². The van der Waals surface area contributed by atoms with Crippen LogP contribution in [0.25, 0.3) is 0 Å². The van der Waals surface area contributed by atoms with Crippen molar-refractivity contribution in [2.45, 2.75) is 18.9 Å². The summed E-state index contributed by atoms with van der Waals surface area (Å²) in [6, 6.07) is 0.437. The number of nitrogens with zero attached hydrogens (tertiary/aromatic N) is 3. The maximum Gasteiger partial charge on any atom is 0.282 e. The second-order valence-electron chi connectivity index (χ2n) is 3.85. The molecule has 2 heterocycles. The summed E-state index contributed by atoms with van der Waals surface area (Å²) in [6.45, 7) is 1.76. The van der Waals surface area contributed by atoms with Crippen LogP contribution >= 0.6 is 22.9 Å². The summed E-state index contributed by atoms with van der Waals surface area (Å²) in [5.74, 6) is -0.190. The van der Waals surface area contributed by atoms with Crippen LogP contribution in [-0.2, 0) is 0 Å². The van der Waals surface area contributed by atoms with Gasteiger partial charge in [-0.2, -0.15) is 0 Å². The maximum absolute atomic E-state index is 11.6. The van der Waals surface area contributed by atoms with E-state index in [0.717, 1.165) is 24.3 Å². The van der Waals surface area contributed by atoms with Gasteiger partial charge in [-0.3, -0.25) is 4.79 Å². The molecule has 7 heteroatoms. The Morgan fingerprint density at radius 3 is 3.06 bits per heavy atom. The van der Waals surface area contributed by atoms with Gasteiger partial charge in [0.25, 0.3) is 5.91 Å². The molecule has 0 bridgehead atoms. The van der Waals surface area contributed by atoms with Gasteiger partial charge in [0.15, 0.2) is 0 Å². The molecule has 0 aromatic carbocycles. The van der Waals surface area contributed by atoms with Crippen molar-refractivity contribution in [2.24, 2.45) is 0 Å². The number of hydrogen-bond acceptors (Lipinski definition) is 5. The van der Waals surface area contributed by atoms with Gasteiger partial charge in [0, 0.05) is 12.6 Å². The third kappa shape index (κ3) is 2.69. The molecule has 1 fully saturated rings. The van der Waals surface area contributed by atoms with E-state index in [0.29, 0.717) is 22.1 Å². The van der Waals surface area contributed by atoms with Crippen molar-refractivity contribution in [3.05, 3.63) is 9.47 Å². The maximum atomic E-state index is 11.6. The Morgan fingerprint density at radius 1 is 1.69 bits per heavy atom. The molecule has 5 nitrogen and oxygen atoms in total. The summed E-state index contributed by atoms with van der Waals surface area (Å²) in [7, 11) is 2.08. The minimum atomic E-state index is -0.190. The normalized spacial score (nSPS) is 21.2. The minimum Gasteiger partial charge on any atom is -0.348 e. The lowest BCUT2D eigenvalue weighted by molar-refractivity contribution is 0.0942. The fraction of sp³-hybridized carbons (Fsp3) is 0.667. The van der Waals surface area contributed by atoms with E-state index in [1.165, 1.54) is 6.42 Å². The average molecular weight is 261 g/mol. The molecule has 1 N–H and O–H groups in total. The molecule has 0 saturated carbocycles. The van der Waals surface area contributed by atoms with Gasteiger partial charge in [0.2, 0.25) is 9.47 Å². The molecule has 0 aliphatic carbocycles. The molecule has 1 aromatic rings. The second-order valence-corrected chi connectivity index (χ2v) is 5.41. The lowest BCUT2D eigenvalue weighted by Gasteiger charge is -2.19. The Morgan fingerprint density at radius 2 is 2.50 bits per heavy atom. The molecular weight excluding hydrogens is 248 g/mol. The van der Waals surface area contributed by atoms with Crippen molar-refractivity contribution in [1.29, 1.82) is 0 Å². The Hall–Kier alpha value is -0.720. The molecule has 1 amide bonds. The largest absolute Gasteiger partial charge is 0.348 e. The highest BCUT2D eigenvalue weighted by Crippen LogP contribution is 2.16. The summed E-state index contributed by atoms with van der Waals surface area (Å²) in [5.41, 5.74) is 0. The highest BCUT2D eigenvalue weighted by molar-refractivity contribution is 7.17. The highest BCUT2D eigenvalue weighted by Gasteiger charge is 2.22. The first-order chi connectivity index (χ1) is 7.66. The molecule has 0 radical (unpaired) electrons. The minimum absolute atomic E-state index is 0.190. The van der Waals surface area contributed by atoms with Crippen molar-refractivity contribution >= 4 is 28.8 Å². The first kappa shape index (κ1) is 11.8.